The minimum absolute atomic E-state index is 0.532. The highest BCUT2D eigenvalue weighted by molar-refractivity contribution is 6.03. The van der Waals surface area contributed by atoms with Gasteiger partial charge in [0.2, 0.25) is 11.5 Å². The number of benzene rings is 1. The number of fused-ring (bicyclic) bond motifs is 1. The molecule has 0 saturated heterocycles. The fraction of sp³-hybridized carbons (Fsp3) is 0.231. The molecule has 18 heavy (non-hydrogen) atoms. The van der Waals surface area contributed by atoms with Gasteiger partial charge in [-0.15, -0.1) is 0 Å². The van der Waals surface area contributed by atoms with E-state index in [1.807, 2.05) is 25.1 Å². The molecule has 0 radical (unpaired) electrons. The average Bonchev–Trinajstić information content (AvgIpc) is 2.81. The minimum Gasteiger partial charge on any atom is -0.497 e. The first-order valence-electron chi connectivity index (χ1n) is 5.76. The van der Waals surface area contributed by atoms with Crippen molar-refractivity contribution in [1.29, 1.82) is 0 Å². The van der Waals surface area contributed by atoms with E-state index in [1.54, 1.807) is 13.2 Å². The maximum absolute atomic E-state index is 5.94. The number of allylic oxidation sites excluding steroid dienone is 2. The van der Waals surface area contributed by atoms with Gasteiger partial charge in [0.25, 0.3) is 0 Å². The molecule has 0 unspecified atom stereocenters. The SMILES string of the molecule is CCC(N)=CC(=[NH2+])c1nc2ccc(OC)cc2[nH]1. The minimum atomic E-state index is 0.532. The standard InChI is InChI=1S/C13H16N4O/c1-3-8(14)6-10(15)13-16-11-5-4-9(18-2)7-12(11)17-13/h4-7,15H,3,14H2,1-2H3,(H,16,17)/p+1. The number of ether oxygens (including phenoxy) is 1. The monoisotopic (exact) mass is 245 g/mol. The number of hydrogen-bond acceptors (Lipinski definition) is 3. The van der Waals surface area contributed by atoms with Gasteiger partial charge in [-0.05, 0) is 18.6 Å². The number of rotatable bonds is 4. The van der Waals surface area contributed by atoms with Crippen molar-refractivity contribution in [1.82, 2.24) is 9.97 Å². The van der Waals surface area contributed by atoms with E-state index in [-0.39, 0.29) is 0 Å². The van der Waals surface area contributed by atoms with Crippen molar-refractivity contribution >= 4 is 16.7 Å². The lowest BCUT2D eigenvalue weighted by molar-refractivity contribution is -0.111. The Morgan fingerprint density at radius 2 is 2.33 bits per heavy atom. The van der Waals surface area contributed by atoms with Crippen LogP contribution in [0.1, 0.15) is 19.2 Å². The van der Waals surface area contributed by atoms with Crippen LogP contribution in [0.2, 0.25) is 0 Å². The summed E-state index contributed by atoms with van der Waals surface area (Å²) >= 11 is 0. The van der Waals surface area contributed by atoms with E-state index in [0.29, 0.717) is 11.5 Å². The largest absolute Gasteiger partial charge is 0.497 e. The Balaban J connectivity index is 2.38. The predicted molar refractivity (Wildman–Crippen MR) is 71.2 cm³/mol. The highest BCUT2D eigenvalue weighted by Gasteiger charge is 2.11. The van der Waals surface area contributed by atoms with Gasteiger partial charge in [-0.1, -0.05) is 6.92 Å². The summed E-state index contributed by atoms with van der Waals surface area (Å²) in [5, 5.41) is 5.94. The molecule has 5 nitrogen and oxygen atoms in total. The van der Waals surface area contributed by atoms with E-state index in [9.17, 15) is 0 Å². The summed E-state index contributed by atoms with van der Waals surface area (Å²) < 4.78 is 5.16. The number of hydrogen-bond donors (Lipinski definition) is 3. The van der Waals surface area contributed by atoms with Gasteiger partial charge in [0.1, 0.15) is 5.75 Å². The van der Waals surface area contributed by atoms with Crippen molar-refractivity contribution in [2.24, 2.45) is 5.73 Å². The maximum atomic E-state index is 5.94. The van der Waals surface area contributed by atoms with Crippen LogP contribution in [0.15, 0.2) is 30.0 Å². The molecule has 0 spiro atoms. The summed E-state index contributed by atoms with van der Waals surface area (Å²) in [5.41, 5.74) is 8.74. The molecule has 1 aromatic heterocycles. The second kappa shape index (κ2) is 4.91. The lowest BCUT2D eigenvalue weighted by Gasteiger charge is -1.96. The van der Waals surface area contributed by atoms with Gasteiger partial charge < -0.3 is 15.5 Å². The highest BCUT2D eigenvalue weighted by Crippen LogP contribution is 2.18. The molecule has 2 rings (SSSR count). The van der Waals surface area contributed by atoms with Crippen LogP contribution in [-0.2, 0) is 0 Å². The number of nitrogens with one attached hydrogen (secondary N) is 1. The van der Waals surface area contributed by atoms with Crippen molar-refractivity contribution in [3.63, 3.8) is 0 Å². The van der Waals surface area contributed by atoms with Crippen LogP contribution in [-0.4, -0.2) is 22.8 Å². The van der Waals surface area contributed by atoms with Gasteiger partial charge in [0.15, 0.2) is 0 Å². The predicted octanol–water partition coefficient (Wildman–Crippen LogP) is 0.372. The number of aromatic nitrogens is 2. The lowest BCUT2D eigenvalue weighted by Crippen LogP contribution is -2.40. The van der Waals surface area contributed by atoms with Crippen molar-refractivity contribution in [3.8, 4) is 5.75 Å². The zero-order valence-electron chi connectivity index (χ0n) is 10.5. The first-order valence-corrected chi connectivity index (χ1v) is 5.76. The summed E-state index contributed by atoms with van der Waals surface area (Å²) in [6, 6.07) is 5.62. The molecule has 0 saturated carbocycles. The summed E-state index contributed by atoms with van der Waals surface area (Å²) in [6.45, 7) is 1.97. The Bertz CT molecular complexity index is 612. The van der Waals surface area contributed by atoms with Crippen LogP contribution in [0.25, 0.3) is 11.0 Å². The Hall–Kier alpha value is -2.30. The van der Waals surface area contributed by atoms with E-state index in [2.05, 4.69) is 9.97 Å². The zero-order chi connectivity index (χ0) is 13.1. The Labute approximate surface area is 105 Å². The number of imidazole rings is 1. The fourth-order valence-corrected chi connectivity index (χ4v) is 1.62. The maximum Gasteiger partial charge on any atom is 0.241 e. The first-order chi connectivity index (χ1) is 8.63. The van der Waals surface area contributed by atoms with Crippen LogP contribution in [0, 0.1) is 0 Å². The number of methoxy groups -OCH3 is 1. The lowest BCUT2D eigenvalue weighted by atomic mass is 10.2. The Morgan fingerprint density at radius 1 is 1.56 bits per heavy atom. The summed E-state index contributed by atoms with van der Waals surface area (Å²) in [7, 11) is 1.63. The molecule has 2 aromatic rings. The molecule has 0 aliphatic carbocycles. The molecule has 94 valence electrons. The topological polar surface area (TPSA) is 89.5 Å². The number of aromatic amines is 1. The molecule has 0 atom stereocenters. The van der Waals surface area contributed by atoms with Crippen LogP contribution in [0.4, 0.5) is 0 Å². The van der Waals surface area contributed by atoms with E-state index in [4.69, 9.17) is 15.9 Å². The molecule has 0 bridgehead atoms. The molecule has 1 aromatic carbocycles. The third-order valence-electron chi connectivity index (χ3n) is 2.71. The molecule has 5 N–H and O–H groups in total. The molecule has 0 fully saturated rings. The van der Waals surface area contributed by atoms with Crippen molar-refractivity contribution in [3.05, 3.63) is 35.8 Å². The molecule has 5 heteroatoms. The zero-order valence-corrected chi connectivity index (χ0v) is 10.5. The second-order valence-corrected chi connectivity index (χ2v) is 4.00. The van der Waals surface area contributed by atoms with E-state index in [1.165, 1.54) is 0 Å². The summed E-state index contributed by atoms with van der Waals surface area (Å²) in [5.74, 6) is 1.40. The fourth-order valence-electron chi connectivity index (χ4n) is 1.62. The normalized spacial score (nSPS) is 11.8. The number of H-pyrrole nitrogens is 1. The summed E-state index contributed by atoms with van der Waals surface area (Å²) in [6.07, 6.45) is 2.49. The van der Waals surface area contributed by atoms with Crippen LogP contribution >= 0.6 is 0 Å². The molecule has 0 aliphatic rings. The van der Waals surface area contributed by atoms with E-state index < -0.39 is 0 Å². The van der Waals surface area contributed by atoms with Gasteiger partial charge in [-0.3, -0.25) is 5.41 Å². The second-order valence-electron chi connectivity index (χ2n) is 4.00. The molecule has 0 amide bonds. The van der Waals surface area contributed by atoms with Gasteiger partial charge in [-0.2, -0.15) is 0 Å². The molecule has 1 heterocycles. The number of nitrogens with zero attached hydrogens (tertiary/aromatic N) is 1. The Kier molecular flexibility index (Phi) is 3.32. The average molecular weight is 245 g/mol. The van der Waals surface area contributed by atoms with Crippen molar-refractivity contribution in [2.75, 3.05) is 7.11 Å². The van der Waals surface area contributed by atoms with Crippen molar-refractivity contribution in [2.45, 2.75) is 13.3 Å². The van der Waals surface area contributed by atoms with Crippen LogP contribution in [0.5, 0.6) is 5.75 Å². The summed E-state index contributed by atoms with van der Waals surface area (Å²) in [4.78, 5) is 7.55. The van der Waals surface area contributed by atoms with Crippen molar-refractivity contribution < 1.29 is 10.1 Å². The molecular weight excluding hydrogens is 228 g/mol. The van der Waals surface area contributed by atoms with Gasteiger partial charge in [-0.25, -0.2) is 4.98 Å². The molecule has 0 aliphatic heterocycles. The third kappa shape index (κ3) is 2.34. The third-order valence-corrected chi connectivity index (χ3v) is 2.71. The van der Waals surface area contributed by atoms with Crippen LogP contribution in [0.3, 0.4) is 0 Å². The van der Waals surface area contributed by atoms with Crippen LogP contribution < -0.4 is 15.9 Å². The number of nitrogens with two attached hydrogens (primary N) is 2. The molecular formula is C13H17N4O+. The first kappa shape index (κ1) is 12.2. The van der Waals surface area contributed by atoms with Gasteiger partial charge in [0, 0.05) is 17.8 Å². The highest BCUT2D eigenvalue weighted by atomic mass is 16.5. The Morgan fingerprint density at radius 3 is 3.00 bits per heavy atom. The van der Waals surface area contributed by atoms with Gasteiger partial charge >= 0.3 is 0 Å². The van der Waals surface area contributed by atoms with E-state index in [0.717, 1.165) is 28.9 Å². The smallest absolute Gasteiger partial charge is 0.241 e. The van der Waals surface area contributed by atoms with E-state index >= 15 is 0 Å². The quantitative estimate of drug-likeness (QED) is 0.680. The van der Waals surface area contributed by atoms with Gasteiger partial charge in [0.05, 0.1) is 18.1 Å².